The van der Waals surface area contributed by atoms with Crippen LogP contribution in [0.4, 0.5) is 0 Å². The van der Waals surface area contributed by atoms with Gasteiger partial charge < -0.3 is 0 Å². The Morgan fingerprint density at radius 3 is 2.38 bits per heavy atom. The Kier molecular flexibility index (Phi) is 16.4. The van der Waals surface area contributed by atoms with Gasteiger partial charge in [-0.05, 0) is 44.6 Å². The van der Waals surface area contributed by atoms with E-state index in [1.165, 1.54) is 0 Å². The third-order valence-electron chi connectivity index (χ3n) is 3.77. The number of rotatable bonds is 16. The van der Waals surface area contributed by atoms with Crippen LogP contribution in [0.25, 0.3) is 0 Å². The van der Waals surface area contributed by atoms with Crippen molar-refractivity contribution in [2.45, 2.75) is 84.0 Å². The van der Waals surface area contributed by atoms with Crippen molar-refractivity contribution in [3.63, 3.8) is 0 Å². The lowest BCUT2D eigenvalue weighted by atomic mass is 10.1. The minimum absolute atomic E-state index is 0.253. The number of nitrogens with zero attached hydrogens (tertiary/aromatic N) is 1. The molecule has 0 aliphatic carbocycles. The minimum atomic E-state index is -0.253. The molecular formula is C20H32NO3. The van der Waals surface area contributed by atoms with E-state index >= 15 is 0 Å². The second-order valence-electron chi connectivity index (χ2n) is 5.92. The van der Waals surface area contributed by atoms with Crippen LogP contribution in [-0.2, 0) is 4.79 Å². The zero-order valence-corrected chi connectivity index (χ0v) is 15.0. The highest BCUT2D eigenvalue weighted by atomic mass is 16.6. The van der Waals surface area contributed by atoms with Crippen molar-refractivity contribution in [1.29, 1.82) is 0 Å². The summed E-state index contributed by atoms with van der Waals surface area (Å²) in [5, 5.41) is 10.9. The topological polar surface area (TPSA) is 60.2 Å². The Labute approximate surface area is 146 Å². The number of nitro groups is 1. The molecule has 0 bridgehead atoms. The average Bonchev–Trinajstić information content (AvgIpc) is 2.57. The summed E-state index contributed by atoms with van der Waals surface area (Å²) in [6.07, 6.45) is 23.1. The van der Waals surface area contributed by atoms with Gasteiger partial charge >= 0.3 is 0 Å². The Morgan fingerprint density at radius 2 is 1.67 bits per heavy atom. The maximum Gasteiger partial charge on any atom is 0.242 e. The molecular weight excluding hydrogens is 302 g/mol. The molecule has 0 atom stereocenters. The Hall–Kier alpha value is -1.71. The molecule has 0 aromatic rings. The second-order valence-corrected chi connectivity index (χ2v) is 5.92. The number of hydrogen-bond acceptors (Lipinski definition) is 3. The van der Waals surface area contributed by atoms with Gasteiger partial charge in [0.25, 0.3) is 0 Å². The standard InChI is InChI=1S/C20H32NO3/c1-2-3-14-17-20(21(23)24)18-15-12-10-8-6-4-5-7-9-11-13-16-19-22/h4,6,10,12,18H,2-3,5,7-9,11,13-17H2,1H3/b6-4-,12-10-,20-18+. The van der Waals surface area contributed by atoms with E-state index in [4.69, 9.17) is 0 Å². The largest absolute Gasteiger partial charge is 0.291 e. The molecule has 4 nitrogen and oxygen atoms in total. The SMILES string of the molecule is CCCCC/C(=C\C/C=C\C/C=C\CCCCCC[C]=O)[N+](=O)[O-]. The molecule has 1 radical (unpaired) electrons. The summed E-state index contributed by atoms with van der Waals surface area (Å²) in [6.45, 7) is 2.10. The van der Waals surface area contributed by atoms with Crippen molar-refractivity contribution in [3.05, 3.63) is 46.2 Å². The predicted molar refractivity (Wildman–Crippen MR) is 100 cm³/mol. The summed E-state index contributed by atoms with van der Waals surface area (Å²) in [5.41, 5.74) is 0.343. The summed E-state index contributed by atoms with van der Waals surface area (Å²) in [7, 11) is 0. The first kappa shape index (κ1) is 22.3. The lowest BCUT2D eigenvalue weighted by Crippen LogP contribution is -1.98. The van der Waals surface area contributed by atoms with Gasteiger partial charge in [0, 0.05) is 12.8 Å². The van der Waals surface area contributed by atoms with Gasteiger partial charge in [-0.25, -0.2) is 0 Å². The van der Waals surface area contributed by atoms with E-state index in [0.717, 1.165) is 57.8 Å². The van der Waals surface area contributed by atoms with E-state index in [-0.39, 0.29) is 4.92 Å². The average molecular weight is 334 g/mol. The molecule has 0 aliphatic heterocycles. The molecule has 0 aromatic heterocycles. The van der Waals surface area contributed by atoms with Crippen LogP contribution in [0.3, 0.4) is 0 Å². The molecule has 0 spiro atoms. The number of hydrogen-bond donors (Lipinski definition) is 0. The molecule has 0 heterocycles. The fourth-order valence-corrected chi connectivity index (χ4v) is 2.33. The van der Waals surface area contributed by atoms with Crippen LogP contribution in [0.2, 0.25) is 0 Å². The first-order valence-electron chi connectivity index (χ1n) is 9.20. The highest BCUT2D eigenvalue weighted by Crippen LogP contribution is 2.11. The quantitative estimate of drug-likeness (QED) is 0.149. The summed E-state index contributed by atoms with van der Waals surface area (Å²) in [5.74, 6) is 0. The molecule has 24 heavy (non-hydrogen) atoms. The van der Waals surface area contributed by atoms with E-state index in [1.807, 2.05) is 12.4 Å². The summed E-state index contributed by atoms with van der Waals surface area (Å²) >= 11 is 0. The number of carbonyl (C=O) groups excluding carboxylic acids is 1. The van der Waals surface area contributed by atoms with Crippen molar-refractivity contribution in [3.8, 4) is 0 Å². The van der Waals surface area contributed by atoms with Crippen molar-refractivity contribution in [2.75, 3.05) is 0 Å². The van der Waals surface area contributed by atoms with Crippen LogP contribution in [0.15, 0.2) is 36.1 Å². The van der Waals surface area contributed by atoms with Crippen molar-refractivity contribution >= 4 is 6.29 Å². The maximum absolute atomic E-state index is 10.9. The molecule has 4 heteroatoms. The first-order chi connectivity index (χ1) is 11.7. The third kappa shape index (κ3) is 15.2. The molecule has 0 rings (SSSR count). The van der Waals surface area contributed by atoms with E-state index < -0.39 is 0 Å². The van der Waals surface area contributed by atoms with Gasteiger partial charge in [-0.3, -0.25) is 14.9 Å². The molecule has 135 valence electrons. The van der Waals surface area contributed by atoms with Crippen molar-refractivity contribution < 1.29 is 9.72 Å². The van der Waals surface area contributed by atoms with Gasteiger partial charge in [0.2, 0.25) is 5.70 Å². The summed E-state index contributed by atoms with van der Waals surface area (Å²) in [6, 6.07) is 0. The van der Waals surface area contributed by atoms with Crippen LogP contribution in [-0.4, -0.2) is 11.2 Å². The monoisotopic (exact) mass is 334 g/mol. The maximum atomic E-state index is 10.9. The van der Waals surface area contributed by atoms with Crippen LogP contribution in [0.5, 0.6) is 0 Å². The minimum Gasteiger partial charge on any atom is -0.291 e. The lowest BCUT2D eigenvalue weighted by molar-refractivity contribution is -0.428. The first-order valence-corrected chi connectivity index (χ1v) is 9.20. The highest BCUT2D eigenvalue weighted by Gasteiger charge is 2.08. The van der Waals surface area contributed by atoms with Crippen LogP contribution >= 0.6 is 0 Å². The fourth-order valence-electron chi connectivity index (χ4n) is 2.33. The number of unbranched alkanes of at least 4 members (excludes halogenated alkanes) is 7. The van der Waals surface area contributed by atoms with E-state index in [9.17, 15) is 14.9 Å². The molecule has 0 saturated carbocycles. The molecule has 0 aliphatic rings. The van der Waals surface area contributed by atoms with Crippen molar-refractivity contribution in [1.82, 2.24) is 0 Å². The zero-order chi connectivity index (χ0) is 17.9. The molecule has 0 fully saturated rings. The molecule has 0 N–H and O–H groups in total. The summed E-state index contributed by atoms with van der Waals surface area (Å²) < 4.78 is 0. The van der Waals surface area contributed by atoms with E-state index in [0.29, 0.717) is 25.0 Å². The van der Waals surface area contributed by atoms with Gasteiger partial charge in [0.05, 0.1) is 4.92 Å². The summed E-state index contributed by atoms with van der Waals surface area (Å²) in [4.78, 5) is 20.7. The van der Waals surface area contributed by atoms with Crippen LogP contribution in [0.1, 0.15) is 84.0 Å². The predicted octanol–water partition coefficient (Wildman–Crippen LogP) is 6.07. The number of allylic oxidation sites excluding steroid dienone is 6. The second kappa shape index (κ2) is 17.6. The van der Waals surface area contributed by atoms with Gasteiger partial charge in [0.15, 0.2) is 6.29 Å². The van der Waals surface area contributed by atoms with E-state index in [1.54, 1.807) is 6.08 Å². The normalized spacial score (nSPS) is 12.3. The Bertz CT molecular complexity index is 411. The molecule has 0 aromatic carbocycles. The third-order valence-corrected chi connectivity index (χ3v) is 3.77. The zero-order valence-electron chi connectivity index (χ0n) is 15.0. The smallest absolute Gasteiger partial charge is 0.242 e. The highest BCUT2D eigenvalue weighted by molar-refractivity contribution is 5.50. The van der Waals surface area contributed by atoms with Gasteiger partial charge in [-0.15, -0.1) is 0 Å². The van der Waals surface area contributed by atoms with Crippen LogP contribution in [0, 0.1) is 10.1 Å². The van der Waals surface area contributed by atoms with Crippen molar-refractivity contribution in [2.24, 2.45) is 0 Å². The van der Waals surface area contributed by atoms with Gasteiger partial charge in [0.1, 0.15) is 0 Å². The Balaban J connectivity index is 3.74. The molecule has 0 amide bonds. The fraction of sp³-hybridized carbons (Fsp3) is 0.650. The molecule has 0 unspecified atom stereocenters. The molecule has 0 saturated heterocycles. The van der Waals surface area contributed by atoms with Gasteiger partial charge in [-0.2, -0.15) is 0 Å². The van der Waals surface area contributed by atoms with Gasteiger partial charge in [-0.1, -0.05) is 56.9 Å². The van der Waals surface area contributed by atoms with Crippen LogP contribution < -0.4 is 0 Å². The lowest BCUT2D eigenvalue weighted by Gasteiger charge is -1.97. The van der Waals surface area contributed by atoms with E-state index in [2.05, 4.69) is 25.2 Å². The Morgan fingerprint density at radius 1 is 0.958 bits per heavy atom.